The average Bonchev–Trinajstić information content (AvgIpc) is 3.07. The van der Waals surface area contributed by atoms with Gasteiger partial charge >= 0.3 is 0 Å². The number of carbonyl (C=O) groups is 1. The van der Waals surface area contributed by atoms with Crippen LogP contribution in [0.25, 0.3) is 6.08 Å². The Morgan fingerprint density at radius 2 is 1.62 bits per heavy atom. The maximum atomic E-state index is 13.1. The Kier molecular flexibility index (Phi) is 6.17. The molecule has 0 aromatic heterocycles. The van der Waals surface area contributed by atoms with Gasteiger partial charge in [0.15, 0.2) is 4.32 Å². The quantitative estimate of drug-likeness (QED) is 0.277. The standard InChI is InChI=1S/C20H16N4O6S2/c25-19-18(32-20(31)22(19)14-1-3-15(4-2-14)23(26)27)12-13-11-16(24(28)29)5-6-17(13)21-7-9-30-10-8-21/h1-6,11-12H,7-10H2/b18-12+. The lowest BCUT2D eigenvalue weighted by Crippen LogP contribution is -2.36. The number of hydrogen-bond acceptors (Lipinski definition) is 9. The van der Waals surface area contributed by atoms with Gasteiger partial charge in [-0.25, -0.2) is 0 Å². The van der Waals surface area contributed by atoms with Crippen molar-refractivity contribution in [3.05, 3.63) is 73.2 Å². The molecular weight excluding hydrogens is 456 g/mol. The number of nitro groups is 2. The monoisotopic (exact) mass is 472 g/mol. The number of anilines is 2. The highest BCUT2D eigenvalue weighted by atomic mass is 32.2. The maximum Gasteiger partial charge on any atom is 0.270 e. The molecule has 2 saturated heterocycles. The normalized spacial score (nSPS) is 17.8. The first-order valence-corrected chi connectivity index (χ1v) is 10.7. The Bertz CT molecular complexity index is 1150. The van der Waals surface area contributed by atoms with Crippen LogP contribution in [0.5, 0.6) is 0 Å². The largest absolute Gasteiger partial charge is 0.378 e. The first-order chi connectivity index (χ1) is 15.3. The molecular formula is C20H16N4O6S2. The molecule has 12 heteroatoms. The summed E-state index contributed by atoms with van der Waals surface area (Å²) in [5.41, 5.74) is 1.53. The number of amides is 1. The van der Waals surface area contributed by atoms with E-state index in [1.165, 1.54) is 41.3 Å². The van der Waals surface area contributed by atoms with Crippen LogP contribution in [0.2, 0.25) is 0 Å². The van der Waals surface area contributed by atoms with Crippen LogP contribution in [0, 0.1) is 20.2 Å². The molecule has 10 nitrogen and oxygen atoms in total. The van der Waals surface area contributed by atoms with Crippen LogP contribution >= 0.6 is 24.0 Å². The summed E-state index contributed by atoms with van der Waals surface area (Å²) in [6.07, 6.45) is 1.60. The average molecular weight is 473 g/mol. The number of benzene rings is 2. The van der Waals surface area contributed by atoms with Crippen molar-refractivity contribution >= 4 is 63.0 Å². The van der Waals surface area contributed by atoms with Crippen LogP contribution in [-0.4, -0.2) is 46.4 Å². The molecule has 2 aliphatic heterocycles. The Hall–Kier alpha value is -3.35. The lowest BCUT2D eigenvalue weighted by Gasteiger charge is -2.30. The fourth-order valence-corrected chi connectivity index (χ4v) is 4.71. The second kappa shape index (κ2) is 9.02. The van der Waals surface area contributed by atoms with E-state index in [0.717, 1.165) is 17.4 Å². The third kappa shape index (κ3) is 4.33. The minimum atomic E-state index is -0.524. The number of rotatable bonds is 5. The van der Waals surface area contributed by atoms with Crippen LogP contribution in [-0.2, 0) is 9.53 Å². The van der Waals surface area contributed by atoms with E-state index in [1.807, 2.05) is 0 Å². The number of nitro benzene ring substituents is 2. The van der Waals surface area contributed by atoms with Gasteiger partial charge in [-0.1, -0.05) is 24.0 Å². The second-order valence-corrected chi connectivity index (χ2v) is 8.57. The minimum absolute atomic E-state index is 0.0842. The lowest BCUT2D eigenvalue weighted by molar-refractivity contribution is -0.385. The van der Waals surface area contributed by atoms with Crippen LogP contribution in [0.4, 0.5) is 22.7 Å². The molecule has 0 N–H and O–H groups in total. The van der Waals surface area contributed by atoms with Gasteiger partial charge in [-0.2, -0.15) is 0 Å². The van der Waals surface area contributed by atoms with E-state index in [-0.39, 0.29) is 15.7 Å². The van der Waals surface area contributed by atoms with Gasteiger partial charge < -0.3 is 9.64 Å². The zero-order valence-electron chi connectivity index (χ0n) is 16.5. The lowest BCUT2D eigenvalue weighted by atomic mass is 10.1. The summed E-state index contributed by atoms with van der Waals surface area (Å²) >= 11 is 6.43. The van der Waals surface area contributed by atoms with E-state index in [9.17, 15) is 25.0 Å². The molecule has 0 radical (unpaired) electrons. The molecule has 164 valence electrons. The van der Waals surface area contributed by atoms with E-state index in [4.69, 9.17) is 17.0 Å². The first kappa shape index (κ1) is 21.9. The molecule has 4 rings (SSSR count). The van der Waals surface area contributed by atoms with Gasteiger partial charge in [-0.05, 0) is 24.3 Å². The van der Waals surface area contributed by atoms with E-state index >= 15 is 0 Å². The third-order valence-corrected chi connectivity index (χ3v) is 6.27. The smallest absolute Gasteiger partial charge is 0.270 e. The van der Waals surface area contributed by atoms with Crippen LogP contribution in [0.1, 0.15) is 5.56 Å². The van der Waals surface area contributed by atoms with E-state index in [2.05, 4.69) is 4.90 Å². The summed E-state index contributed by atoms with van der Waals surface area (Å²) in [5.74, 6) is -0.395. The van der Waals surface area contributed by atoms with E-state index in [1.54, 1.807) is 12.1 Å². The summed E-state index contributed by atoms with van der Waals surface area (Å²) in [5, 5.41) is 22.2. The molecule has 32 heavy (non-hydrogen) atoms. The molecule has 0 spiro atoms. The minimum Gasteiger partial charge on any atom is -0.378 e. The molecule has 0 saturated carbocycles. The Morgan fingerprint density at radius 3 is 2.25 bits per heavy atom. The predicted molar refractivity (Wildman–Crippen MR) is 125 cm³/mol. The van der Waals surface area contributed by atoms with Crippen molar-refractivity contribution in [2.45, 2.75) is 0 Å². The number of ether oxygens (including phenoxy) is 1. The fraction of sp³-hybridized carbons (Fsp3) is 0.200. The fourth-order valence-electron chi connectivity index (χ4n) is 3.42. The van der Waals surface area contributed by atoms with Crippen molar-refractivity contribution < 1.29 is 19.4 Å². The molecule has 2 fully saturated rings. The van der Waals surface area contributed by atoms with Crippen molar-refractivity contribution in [2.24, 2.45) is 0 Å². The number of carbonyl (C=O) groups excluding carboxylic acids is 1. The van der Waals surface area contributed by atoms with E-state index < -0.39 is 15.8 Å². The van der Waals surface area contributed by atoms with Gasteiger partial charge in [0, 0.05) is 48.6 Å². The predicted octanol–water partition coefficient (Wildman–Crippen LogP) is 3.75. The number of morpholine rings is 1. The van der Waals surface area contributed by atoms with Crippen molar-refractivity contribution in [1.29, 1.82) is 0 Å². The summed E-state index contributed by atoms with van der Waals surface area (Å²) in [6, 6.07) is 10.1. The van der Waals surface area contributed by atoms with Crippen molar-refractivity contribution in [2.75, 3.05) is 36.1 Å². The zero-order chi connectivity index (χ0) is 22.8. The van der Waals surface area contributed by atoms with Gasteiger partial charge in [0.2, 0.25) is 0 Å². The first-order valence-electron chi connectivity index (χ1n) is 9.48. The highest BCUT2D eigenvalue weighted by Gasteiger charge is 2.34. The van der Waals surface area contributed by atoms with Crippen LogP contribution in [0.15, 0.2) is 47.4 Å². The van der Waals surface area contributed by atoms with Crippen molar-refractivity contribution in [3.8, 4) is 0 Å². The van der Waals surface area contributed by atoms with Crippen LogP contribution in [0.3, 0.4) is 0 Å². The molecule has 2 aromatic rings. The number of nitrogens with zero attached hydrogens (tertiary/aromatic N) is 4. The molecule has 2 heterocycles. The number of thiocarbonyl (C=S) groups is 1. The van der Waals surface area contributed by atoms with Crippen molar-refractivity contribution in [1.82, 2.24) is 0 Å². The van der Waals surface area contributed by atoms with Gasteiger partial charge in [-0.15, -0.1) is 0 Å². The van der Waals surface area contributed by atoms with Crippen molar-refractivity contribution in [3.63, 3.8) is 0 Å². The Balaban J connectivity index is 1.69. The highest BCUT2D eigenvalue weighted by molar-refractivity contribution is 8.27. The summed E-state index contributed by atoms with van der Waals surface area (Å²) in [4.78, 5) is 37.9. The number of thioether (sulfide) groups is 1. The molecule has 0 bridgehead atoms. The van der Waals surface area contributed by atoms with Crippen LogP contribution < -0.4 is 9.80 Å². The number of hydrogen-bond donors (Lipinski definition) is 0. The van der Waals surface area contributed by atoms with Gasteiger partial charge in [0.05, 0.1) is 33.7 Å². The Morgan fingerprint density at radius 1 is 1.00 bits per heavy atom. The maximum absolute atomic E-state index is 13.1. The SMILES string of the molecule is O=C1/C(=C\c2cc([N+](=O)[O-])ccc2N2CCOCC2)SC(=S)N1c1ccc([N+](=O)[O-])cc1. The molecule has 0 aliphatic carbocycles. The summed E-state index contributed by atoms with van der Waals surface area (Å²) in [7, 11) is 0. The number of non-ortho nitro benzene ring substituents is 2. The highest BCUT2D eigenvalue weighted by Crippen LogP contribution is 2.38. The molecule has 1 amide bonds. The van der Waals surface area contributed by atoms with E-state index in [0.29, 0.717) is 42.5 Å². The zero-order valence-corrected chi connectivity index (χ0v) is 18.1. The topological polar surface area (TPSA) is 119 Å². The summed E-state index contributed by atoms with van der Waals surface area (Å²) < 4.78 is 5.66. The second-order valence-electron chi connectivity index (χ2n) is 6.89. The van der Waals surface area contributed by atoms with Gasteiger partial charge in [0.25, 0.3) is 17.3 Å². The molecule has 0 unspecified atom stereocenters. The van der Waals surface area contributed by atoms with Gasteiger partial charge in [0.1, 0.15) is 0 Å². The van der Waals surface area contributed by atoms with Gasteiger partial charge in [-0.3, -0.25) is 29.9 Å². The third-order valence-electron chi connectivity index (χ3n) is 4.97. The molecule has 2 aliphatic rings. The molecule has 2 aromatic carbocycles. The summed E-state index contributed by atoms with van der Waals surface area (Å²) in [6.45, 7) is 2.34. The molecule has 0 atom stereocenters. The Labute approximate surface area is 191 Å².